The predicted molar refractivity (Wildman–Crippen MR) is 33.1 cm³/mol. The summed E-state index contributed by atoms with van der Waals surface area (Å²) in [7, 11) is 0. The van der Waals surface area contributed by atoms with Crippen LogP contribution in [0.15, 0.2) is 12.3 Å². The molecule has 2 heteroatoms. The molecule has 0 bridgehead atoms. The molecule has 0 atom stereocenters. The Labute approximate surface area is 50.6 Å². The Morgan fingerprint density at radius 2 is 2.12 bits per heavy atom. The predicted octanol–water partition coefficient (Wildman–Crippen LogP) is 0.791. The van der Waals surface area contributed by atoms with Crippen LogP contribution >= 0.6 is 0 Å². The number of hydrogen-bond acceptors (Lipinski definition) is 1. The minimum Gasteiger partial charge on any atom is -0.386 e. The van der Waals surface area contributed by atoms with Gasteiger partial charge in [-0.15, -0.1) is 0 Å². The molecule has 1 aliphatic rings. The Balaban J connectivity index is 0.000000490. The van der Waals surface area contributed by atoms with E-state index in [1.54, 1.807) is 0 Å². The van der Waals surface area contributed by atoms with Crippen LogP contribution in [0.5, 0.6) is 0 Å². The Hall–Kier alpha value is -0.500. The summed E-state index contributed by atoms with van der Waals surface area (Å²) < 4.78 is 0. The second-order valence-electron chi connectivity index (χ2n) is 2.63. The van der Waals surface area contributed by atoms with E-state index in [4.69, 9.17) is 0 Å². The van der Waals surface area contributed by atoms with E-state index in [1.807, 2.05) is 6.20 Å². The molecule has 0 aliphatic carbocycles. The molecule has 45 valence electrons. The molecule has 1 heterocycles. The Morgan fingerprint density at radius 1 is 1.50 bits per heavy atom. The average Bonchev–Trinajstić information content (AvgIpc) is 1.84. The van der Waals surface area contributed by atoms with E-state index in [0.717, 1.165) is 6.42 Å². The van der Waals surface area contributed by atoms with Gasteiger partial charge in [0.15, 0.2) is 0 Å². The van der Waals surface area contributed by atoms with Crippen molar-refractivity contribution in [3.63, 3.8) is 0 Å². The standard InChI is InChI=1S/C6H11N.N/c1-6(2)4-3-5-7-6;/h3,5,7H,4H2,1-2H3;. The van der Waals surface area contributed by atoms with Crippen molar-refractivity contribution in [2.75, 3.05) is 0 Å². The van der Waals surface area contributed by atoms with Gasteiger partial charge in [0, 0.05) is 11.7 Å². The van der Waals surface area contributed by atoms with Gasteiger partial charge in [-0.25, -0.2) is 0 Å². The van der Waals surface area contributed by atoms with Gasteiger partial charge in [0.2, 0.25) is 0 Å². The molecule has 0 unspecified atom stereocenters. The summed E-state index contributed by atoms with van der Waals surface area (Å²) in [5.74, 6) is 0. The number of nitrogens with one attached hydrogen (secondary N) is 1. The highest BCUT2D eigenvalue weighted by Gasteiger charge is 2.15. The van der Waals surface area contributed by atoms with Crippen LogP contribution in [0.4, 0.5) is 0 Å². The molecule has 1 rings (SSSR count). The summed E-state index contributed by atoms with van der Waals surface area (Å²) in [6.07, 6.45) is 5.33. The molecule has 0 saturated carbocycles. The fourth-order valence-electron chi connectivity index (χ4n) is 0.697. The van der Waals surface area contributed by atoms with E-state index in [9.17, 15) is 0 Å². The molecule has 8 heavy (non-hydrogen) atoms. The van der Waals surface area contributed by atoms with Crippen LogP contribution in [0.1, 0.15) is 20.3 Å². The van der Waals surface area contributed by atoms with Crippen molar-refractivity contribution in [1.29, 1.82) is 0 Å². The second-order valence-corrected chi connectivity index (χ2v) is 2.63. The van der Waals surface area contributed by atoms with Crippen molar-refractivity contribution in [2.24, 2.45) is 0 Å². The average molecular weight is 111 g/mol. The normalized spacial score (nSPS) is 21.8. The van der Waals surface area contributed by atoms with Gasteiger partial charge >= 0.3 is 0 Å². The number of rotatable bonds is 0. The quantitative estimate of drug-likeness (QED) is 0.493. The van der Waals surface area contributed by atoms with Gasteiger partial charge in [-0.05, 0) is 26.5 Å². The zero-order chi connectivity index (χ0) is 5.33. The lowest BCUT2D eigenvalue weighted by Crippen LogP contribution is -2.30. The first-order valence-corrected chi connectivity index (χ1v) is 2.63. The third-order valence-electron chi connectivity index (χ3n) is 1.22. The van der Waals surface area contributed by atoms with E-state index < -0.39 is 0 Å². The monoisotopic (exact) mass is 111 g/mol. The number of nitrogens with zero attached hydrogens (tertiary/aromatic N) is 1. The summed E-state index contributed by atoms with van der Waals surface area (Å²) in [6, 6.07) is 0. The Bertz CT molecular complexity index is 84.7. The highest BCUT2D eigenvalue weighted by molar-refractivity contribution is 5.00. The molecular weight excluding hydrogens is 100 g/mol. The first-order valence-electron chi connectivity index (χ1n) is 2.63. The minimum absolute atomic E-state index is 0. The van der Waals surface area contributed by atoms with E-state index >= 15 is 0 Å². The highest BCUT2D eigenvalue weighted by Crippen LogP contribution is 2.12. The van der Waals surface area contributed by atoms with E-state index in [1.165, 1.54) is 0 Å². The maximum atomic E-state index is 3.22. The Morgan fingerprint density at radius 3 is 2.25 bits per heavy atom. The van der Waals surface area contributed by atoms with Crippen molar-refractivity contribution < 1.29 is 0 Å². The topological polar surface area (TPSA) is 42.5 Å². The van der Waals surface area contributed by atoms with Crippen molar-refractivity contribution in [3.8, 4) is 0 Å². The van der Waals surface area contributed by atoms with Crippen molar-refractivity contribution in [2.45, 2.75) is 25.8 Å². The lowest BCUT2D eigenvalue weighted by molar-refractivity contribution is 0.477. The SMILES string of the molecule is CC1(C)CC=CN1.[N]. The molecule has 1 N–H and O–H groups in total. The molecule has 0 saturated heterocycles. The lowest BCUT2D eigenvalue weighted by Gasteiger charge is -2.16. The first-order chi connectivity index (χ1) is 3.21. The summed E-state index contributed by atoms with van der Waals surface area (Å²) in [5.41, 5.74) is 0.333. The molecule has 0 amide bonds. The van der Waals surface area contributed by atoms with Gasteiger partial charge in [0.05, 0.1) is 0 Å². The third kappa shape index (κ3) is 1.54. The van der Waals surface area contributed by atoms with Crippen molar-refractivity contribution >= 4 is 0 Å². The van der Waals surface area contributed by atoms with Gasteiger partial charge in [-0.1, -0.05) is 6.08 Å². The number of hydrogen-bond donors (Lipinski definition) is 1. The molecule has 3 radical (unpaired) electrons. The van der Waals surface area contributed by atoms with Crippen LogP contribution < -0.4 is 11.5 Å². The molecule has 2 nitrogen and oxygen atoms in total. The van der Waals surface area contributed by atoms with Crippen LogP contribution in [0.25, 0.3) is 0 Å². The van der Waals surface area contributed by atoms with E-state index in [0.29, 0.717) is 5.54 Å². The summed E-state index contributed by atoms with van der Waals surface area (Å²) >= 11 is 0. The van der Waals surface area contributed by atoms with Crippen LogP contribution in [-0.4, -0.2) is 5.54 Å². The van der Waals surface area contributed by atoms with Gasteiger partial charge in [-0.2, -0.15) is 0 Å². The zero-order valence-corrected chi connectivity index (χ0v) is 5.31. The van der Waals surface area contributed by atoms with Crippen molar-refractivity contribution in [1.82, 2.24) is 11.5 Å². The largest absolute Gasteiger partial charge is 0.386 e. The minimum atomic E-state index is 0. The van der Waals surface area contributed by atoms with Gasteiger partial charge in [-0.3, -0.25) is 0 Å². The molecule has 0 aromatic heterocycles. The maximum absolute atomic E-state index is 3.22. The first kappa shape index (κ1) is 7.50. The van der Waals surface area contributed by atoms with E-state index in [2.05, 4.69) is 25.2 Å². The van der Waals surface area contributed by atoms with Crippen LogP contribution in [0, 0.1) is 0 Å². The summed E-state index contributed by atoms with van der Waals surface area (Å²) in [5, 5.41) is 3.22. The summed E-state index contributed by atoms with van der Waals surface area (Å²) in [6.45, 7) is 4.38. The highest BCUT2D eigenvalue weighted by atomic mass is 14.9. The fraction of sp³-hybridized carbons (Fsp3) is 0.667. The van der Waals surface area contributed by atoms with Crippen LogP contribution in [0.3, 0.4) is 0 Å². The van der Waals surface area contributed by atoms with Gasteiger partial charge < -0.3 is 5.32 Å². The Kier molecular flexibility index (Phi) is 2.04. The van der Waals surface area contributed by atoms with Gasteiger partial charge in [0.1, 0.15) is 0 Å². The fourth-order valence-corrected chi connectivity index (χ4v) is 0.697. The zero-order valence-electron chi connectivity index (χ0n) is 5.31. The van der Waals surface area contributed by atoms with Crippen LogP contribution in [0.2, 0.25) is 0 Å². The molecular formula is C6H11N2. The maximum Gasteiger partial charge on any atom is 0.0346 e. The second kappa shape index (κ2) is 2.18. The van der Waals surface area contributed by atoms with Crippen LogP contribution in [-0.2, 0) is 0 Å². The van der Waals surface area contributed by atoms with Crippen molar-refractivity contribution in [3.05, 3.63) is 12.3 Å². The third-order valence-corrected chi connectivity index (χ3v) is 1.22. The summed E-state index contributed by atoms with van der Waals surface area (Å²) in [4.78, 5) is 0. The molecule has 0 spiro atoms. The molecule has 0 aromatic carbocycles. The molecule has 0 fully saturated rings. The molecule has 0 aromatic rings. The molecule has 1 aliphatic heterocycles. The lowest BCUT2D eigenvalue weighted by atomic mass is 10.1. The van der Waals surface area contributed by atoms with Gasteiger partial charge in [0.25, 0.3) is 0 Å². The van der Waals surface area contributed by atoms with E-state index in [-0.39, 0.29) is 6.15 Å². The smallest absolute Gasteiger partial charge is 0.0346 e.